The highest BCUT2D eigenvalue weighted by atomic mass is 16.6. The minimum Gasteiger partial charge on any atom is -0.491 e. The fourth-order valence-electron chi connectivity index (χ4n) is 10.2. The number of aliphatic hydroxyl groups is 1. The Kier molecular flexibility index (Phi) is 13.3. The van der Waals surface area contributed by atoms with Crippen LogP contribution in [0.2, 0.25) is 0 Å². The fourth-order valence-corrected chi connectivity index (χ4v) is 10.2. The van der Waals surface area contributed by atoms with Crippen LogP contribution in [0.5, 0.6) is 5.75 Å². The number of rotatable bonds is 12. The SMILES string of the molecule is COC(=O)C(CC#Cc1ccc2c(c1)C1(C(=O)N2)C(C(=O)Nc2ccc(N3CCOCC3)cc2)C2C(=O)OC(c3ccccc3)C(c3ccccc3)N2C1c1ccc(OCCO)cc1)C(=O)OC. The molecule has 6 unspecified atom stereocenters. The number of esters is 3. The Hall–Kier alpha value is -7.51. The number of hydrogen-bond acceptors (Lipinski definition) is 13. The van der Waals surface area contributed by atoms with E-state index >= 15 is 14.4 Å². The molecule has 5 aromatic carbocycles. The molecule has 348 valence electrons. The molecular formula is C53H50N4O11. The van der Waals surface area contributed by atoms with Crippen LogP contribution in [-0.4, -0.2) is 99.5 Å². The number of hydrogen-bond donors (Lipinski definition) is 3. The van der Waals surface area contributed by atoms with Gasteiger partial charge in [0.25, 0.3) is 0 Å². The quantitative estimate of drug-likeness (QED) is 0.0618. The molecule has 68 heavy (non-hydrogen) atoms. The van der Waals surface area contributed by atoms with Gasteiger partial charge < -0.3 is 44.3 Å². The van der Waals surface area contributed by atoms with Gasteiger partial charge in [0.1, 0.15) is 29.9 Å². The molecule has 2 amide bonds. The highest BCUT2D eigenvalue weighted by Gasteiger charge is 2.74. The predicted molar refractivity (Wildman–Crippen MR) is 249 cm³/mol. The summed E-state index contributed by atoms with van der Waals surface area (Å²) in [4.78, 5) is 75.8. The van der Waals surface area contributed by atoms with Gasteiger partial charge in [-0.15, -0.1) is 0 Å². The number of cyclic esters (lactones) is 1. The molecule has 4 aliphatic heterocycles. The molecule has 4 aliphatic rings. The number of ether oxygens (including phenoxy) is 5. The summed E-state index contributed by atoms with van der Waals surface area (Å²) >= 11 is 0. The fraction of sp³-hybridized carbons (Fsp3) is 0.302. The Balaban J connectivity index is 1.25. The molecule has 15 nitrogen and oxygen atoms in total. The number of methoxy groups -OCH3 is 2. The summed E-state index contributed by atoms with van der Waals surface area (Å²) in [6, 6.07) is 35.6. The molecule has 5 aromatic rings. The summed E-state index contributed by atoms with van der Waals surface area (Å²) < 4.78 is 27.5. The van der Waals surface area contributed by atoms with Crippen LogP contribution in [0.1, 0.15) is 52.4 Å². The second-order valence-electron chi connectivity index (χ2n) is 16.9. The molecule has 9 rings (SSSR count). The third-order valence-electron chi connectivity index (χ3n) is 13.2. The van der Waals surface area contributed by atoms with Gasteiger partial charge in [-0.25, -0.2) is 0 Å². The zero-order chi connectivity index (χ0) is 47.4. The van der Waals surface area contributed by atoms with Crippen molar-refractivity contribution in [2.24, 2.45) is 11.8 Å². The number of carbonyl (C=O) groups is 5. The van der Waals surface area contributed by atoms with Crippen molar-refractivity contribution in [2.75, 3.05) is 69.3 Å². The van der Waals surface area contributed by atoms with Crippen molar-refractivity contribution in [3.8, 4) is 17.6 Å². The number of anilines is 3. The first-order chi connectivity index (χ1) is 33.2. The van der Waals surface area contributed by atoms with Gasteiger partial charge in [0.05, 0.1) is 52.0 Å². The summed E-state index contributed by atoms with van der Waals surface area (Å²) in [5, 5.41) is 15.8. The average Bonchev–Trinajstić information content (AvgIpc) is 3.86. The summed E-state index contributed by atoms with van der Waals surface area (Å²) in [5.74, 6) is 0.328. The minimum atomic E-state index is -1.83. The maximum Gasteiger partial charge on any atom is 0.324 e. The monoisotopic (exact) mass is 918 g/mol. The van der Waals surface area contributed by atoms with Gasteiger partial charge in [0.15, 0.2) is 5.92 Å². The Morgan fingerprint density at radius 2 is 1.49 bits per heavy atom. The van der Waals surface area contributed by atoms with Crippen LogP contribution in [0.25, 0.3) is 0 Å². The number of nitrogens with one attached hydrogen (secondary N) is 2. The number of carbonyl (C=O) groups excluding carboxylic acids is 5. The summed E-state index contributed by atoms with van der Waals surface area (Å²) in [5.41, 5.74) is 2.90. The lowest BCUT2D eigenvalue weighted by atomic mass is 9.65. The largest absolute Gasteiger partial charge is 0.491 e. The van der Waals surface area contributed by atoms with Crippen LogP contribution in [0.3, 0.4) is 0 Å². The molecule has 0 bridgehead atoms. The van der Waals surface area contributed by atoms with E-state index in [1.54, 1.807) is 42.5 Å². The second kappa shape index (κ2) is 19.8. The third kappa shape index (κ3) is 8.42. The Labute approximate surface area is 393 Å². The molecule has 3 N–H and O–H groups in total. The summed E-state index contributed by atoms with van der Waals surface area (Å²) in [7, 11) is 2.34. The minimum absolute atomic E-state index is 0.0524. The van der Waals surface area contributed by atoms with Crippen LogP contribution >= 0.6 is 0 Å². The van der Waals surface area contributed by atoms with Crippen molar-refractivity contribution in [2.45, 2.75) is 36.1 Å². The Bertz CT molecular complexity index is 2720. The van der Waals surface area contributed by atoms with Crippen molar-refractivity contribution in [3.63, 3.8) is 0 Å². The number of nitrogens with zero attached hydrogens (tertiary/aromatic N) is 2. The van der Waals surface area contributed by atoms with Crippen LogP contribution in [0.4, 0.5) is 17.1 Å². The lowest BCUT2D eigenvalue weighted by Crippen LogP contribution is -2.53. The lowest BCUT2D eigenvalue weighted by molar-refractivity contribution is -0.178. The van der Waals surface area contributed by atoms with Gasteiger partial charge in [-0.05, 0) is 76.9 Å². The second-order valence-corrected chi connectivity index (χ2v) is 16.9. The number of morpholine rings is 2. The molecule has 6 atom stereocenters. The molecule has 0 aromatic heterocycles. The molecule has 0 saturated carbocycles. The van der Waals surface area contributed by atoms with Crippen LogP contribution < -0.4 is 20.3 Å². The topological polar surface area (TPSA) is 182 Å². The molecule has 0 aliphatic carbocycles. The van der Waals surface area contributed by atoms with Gasteiger partial charge in [-0.3, -0.25) is 28.9 Å². The van der Waals surface area contributed by atoms with E-state index in [0.29, 0.717) is 52.6 Å². The van der Waals surface area contributed by atoms with E-state index < -0.39 is 71.2 Å². The van der Waals surface area contributed by atoms with Gasteiger partial charge in [0, 0.05) is 42.1 Å². The predicted octanol–water partition coefficient (Wildman–Crippen LogP) is 5.51. The first-order valence-electron chi connectivity index (χ1n) is 22.4. The molecule has 3 saturated heterocycles. The van der Waals surface area contributed by atoms with Crippen molar-refractivity contribution >= 4 is 46.8 Å². The van der Waals surface area contributed by atoms with Crippen LogP contribution in [0.15, 0.2) is 127 Å². The van der Waals surface area contributed by atoms with E-state index in [2.05, 4.69) is 27.4 Å². The standard InChI is InChI=1S/C53H50N4O11/c1-64-49(60)40(50(61)65-2)15-9-10-33-16-25-42-41(32-33)53(52(63)55-42)43(48(59)54-37-19-21-38(22-20-37)56-26-29-66-30-27-56)45-51(62)68-46(35-13-7-4-8-14-35)44(34-11-5-3-6-12-34)57(45)47(53)36-17-23-39(24-18-36)67-31-28-58/h3-8,11-14,16-25,32,40,43-47,58H,15,26-31H2,1-2H3,(H,54,59)(H,55,63). The smallest absolute Gasteiger partial charge is 0.324 e. The summed E-state index contributed by atoms with van der Waals surface area (Å²) in [6.45, 7) is 2.49. The third-order valence-corrected chi connectivity index (χ3v) is 13.2. The highest BCUT2D eigenvalue weighted by molar-refractivity contribution is 6.13. The first-order valence-corrected chi connectivity index (χ1v) is 22.4. The van der Waals surface area contributed by atoms with Crippen molar-refractivity contribution in [1.82, 2.24) is 4.90 Å². The number of benzene rings is 5. The lowest BCUT2D eigenvalue weighted by Gasteiger charge is -2.46. The van der Waals surface area contributed by atoms with E-state index in [0.717, 1.165) is 24.3 Å². The molecular weight excluding hydrogens is 869 g/mol. The molecule has 1 spiro atoms. The molecule has 0 radical (unpaired) electrons. The van der Waals surface area contributed by atoms with E-state index in [9.17, 15) is 14.7 Å². The van der Waals surface area contributed by atoms with Gasteiger partial charge in [-0.1, -0.05) is 84.6 Å². The van der Waals surface area contributed by atoms with E-state index in [1.807, 2.05) is 89.8 Å². The van der Waals surface area contributed by atoms with Gasteiger partial charge >= 0.3 is 17.9 Å². The normalized spacial score (nSPS) is 22.8. The highest BCUT2D eigenvalue weighted by Crippen LogP contribution is 2.65. The number of fused-ring (bicyclic) bond motifs is 3. The average molecular weight is 919 g/mol. The van der Waals surface area contributed by atoms with Crippen molar-refractivity contribution in [3.05, 3.63) is 155 Å². The zero-order valence-corrected chi connectivity index (χ0v) is 37.5. The number of aliphatic hydroxyl groups excluding tert-OH is 1. The van der Waals surface area contributed by atoms with E-state index in [1.165, 1.54) is 14.2 Å². The Morgan fingerprint density at radius 3 is 2.13 bits per heavy atom. The van der Waals surface area contributed by atoms with E-state index in [-0.39, 0.29) is 19.6 Å². The Morgan fingerprint density at radius 1 is 0.824 bits per heavy atom. The maximum absolute atomic E-state index is 15.7. The van der Waals surface area contributed by atoms with Crippen molar-refractivity contribution in [1.29, 1.82) is 0 Å². The zero-order valence-electron chi connectivity index (χ0n) is 37.5. The molecule has 3 fully saturated rings. The van der Waals surface area contributed by atoms with Gasteiger partial charge in [0.2, 0.25) is 11.8 Å². The molecule has 4 heterocycles. The van der Waals surface area contributed by atoms with Crippen LogP contribution in [-0.2, 0) is 48.3 Å². The van der Waals surface area contributed by atoms with Crippen molar-refractivity contribution < 1.29 is 52.8 Å². The van der Waals surface area contributed by atoms with E-state index in [4.69, 9.17) is 23.7 Å². The molecule has 15 heteroatoms. The number of amides is 2. The van der Waals surface area contributed by atoms with Gasteiger partial charge in [-0.2, -0.15) is 0 Å². The maximum atomic E-state index is 15.7. The van der Waals surface area contributed by atoms with Crippen LogP contribution in [0, 0.1) is 23.7 Å². The first kappa shape index (κ1) is 45.6. The summed E-state index contributed by atoms with van der Waals surface area (Å²) in [6.07, 6.45) is -1.09.